The number of H-pyrrole nitrogens is 1. The zero-order valence-electron chi connectivity index (χ0n) is 11.2. The summed E-state index contributed by atoms with van der Waals surface area (Å²) in [5.74, 6) is 0.429. The summed E-state index contributed by atoms with van der Waals surface area (Å²) in [6.45, 7) is 1.79. The standard InChI is InChI=1S/C15H11ClN4O/c1-9-7-12-13(18-9)19-14(20(6-5-17)15(12)21)10-3-2-4-11(16)8-10/h2-4,7-8,18H,6H2,1H3. The first-order valence-electron chi connectivity index (χ1n) is 6.33. The molecular weight excluding hydrogens is 288 g/mol. The molecule has 0 aliphatic rings. The Morgan fingerprint density at radius 2 is 2.24 bits per heavy atom. The van der Waals surface area contributed by atoms with Gasteiger partial charge in [-0.3, -0.25) is 9.36 Å². The van der Waals surface area contributed by atoms with Gasteiger partial charge >= 0.3 is 0 Å². The van der Waals surface area contributed by atoms with E-state index in [9.17, 15) is 4.79 Å². The van der Waals surface area contributed by atoms with Gasteiger partial charge < -0.3 is 4.98 Å². The maximum atomic E-state index is 12.5. The van der Waals surface area contributed by atoms with E-state index in [-0.39, 0.29) is 12.1 Å². The van der Waals surface area contributed by atoms with Crippen LogP contribution in [-0.2, 0) is 6.54 Å². The number of hydrogen-bond donors (Lipinski definition) is 1. The summed E-state index contributed by atoms with van der Waals surface area (Å²) in [6.07, 6.45) is 0. The van der Waals surface area contributed by atoms with Crippen LogP contribution < -0.4 is 5.56 Å². The van der Waals surface area contributed by atoms with Gasteiger partial charge in [-0.25, -0.2) is 4.98 Å². The number of nitriles is 1. The van der Waals surface area contributed by atoms with Crippen LogP contribution in [0, 0.1) is 18.3 Å². The molecule has 2 heterocycles. The molecule has 6 heteroatoms. The number of hydrogen-bond acceptors (Lipinski definition) is 3. The molecule has 0 radical (unpaired) electrons. The minimum atomic E-state index is -0.235. The fraction of sp³-hybridized carbons (Fsp3) is 0.133. The van der Waals surface area contributed by atoms with Crippen molar-refractivity contribution in [2.24, 2.45) is 0 Å². The van der Waals surface area contributed by atoms with E-state index in [1.165, 1.54) is 4.57 Å². The van der Waals surface area contributed by atoms with Gasteiger partial charge in [0.2, 0.25) is 0 Å². The number of fused-ring (bicyclic) bond motifs is 1. The van der Waals surface area contributed by atoms with Crippen LogP contribution in [0.15, 0.2) is 35.1 Å². The van der Waals surface area contributed by atoms with Crippen molar-refractivity contribution in [2.75, 3.05) is 0 Å². The normalized spacial score (nSPS) is 10.7. The van der Waals surface area contributed by atoms with E-state index in [4.69, 9.17) is 16.9 Å². The lowest BCUT2D eigenvalue weighted by Gasteiger charge is -2.09. The second-order valence-corrected chi connectivity index (χ2v) is 5.15. The van der Waals surface area contributed by atoms with Crippen LogP contribution in [0.3, 0.4) is 0 Å². The number of aromatic nitrogens is 3. The van der Waals surface area contributed by atoms with Crippen LogP contribution in [0.1, 0.15) is 5.69 Å². The lowest BCUT2D eigenvalue weighted by molar-refractivity contribution is 0.787. The smallest absolute Gasteiger partial charge is 0.264 e. The summed E-state index contributed by atoms with van der Waals surface area (Å²) in [5, 5.41) is 10.0. The SMILES string of the molecule is Cc1cc2c(=O)n(CC#N)c(-c3cccc(Cl)c3)nc2[nH]1. The molecule has 0 unspecified atom stereocenters. The van der Waals surface area contributed by atoms with Crippen molar-refractivity contribution in [3.63, 3.8) is 0 Å². The van der Waals surface area contributed by atoms with Crippen molar-refractivity contribution >= 4 is 22.6 Å². The van der Waals surface area contributed by atoms with Gasteiger partial charge in [0.05, 0.1) is 11.5 Å². The molecule has 2 aromatic heterocycles. The lowest BCUT2D eigenvalue weighted by atomic mass is 10.2. The minimum absolute atomic E-state index is 0.0617. The maximum absolute atomic E-state index is 12.5. The van der Waals surface area contributed by atoms with E-state index in [2.05, 4.69) is 9.97 Å². The molecule has 0 aliphatic heterocycles. The van der Waals surface area contributed by atoms with Gasteiger partial charge in [0, 0.05) is 16.3 Å². The van der Waals surface area contributed by atoms with E-state index in [0.717, 1.165) is 5.69 Å². The minimum Gasteiger partial charge on any atom is -0.343 e. The Labute approximate surface area is 125 Å². The number of rotatable bonds is 2. The fourth-order valence-electron chi connectivity index (χ4n) is 2.30. The van der Waals surface area contributed by atoms with Crippen molar-refractivity contribution in [1.29, 1.82) is 5.26 Å². The van der Waals surface area contributed by atoms with Crippen molar-refractivity contribution in [1.82, 2.24) is 14.5 Å². The van der Waals surface area contributed by atoms with E-state index >= 15 is 0 Å². The van der Waals surface area contributed by atoms with Gasteiger partial charge in [0.1, 0.15) is 18.0 Å². The molecule has 0 saturated heterocycles. The average Bonchev–Trinajstić information content (AvgIpc) is 2.83. The zero-order valence-corrected chi connectivity index (χ0v) is 12.0. The molecular formula is C15H11ClN4O. The van der Waals surface area contributed by atoms with Crippen molar-refractivity contribution < 1.29 is 0 Å². The highest BCUT2D eigenvalue weighted by Gasteiger charge is 2.14. The van der Waals surface area contributed by atoms with Gasteiger partial charge in [-0.05, 0) is 25.1 Å². The predicted molar refractivity (Wildman–Crippen MR) is 81.1 cm³/mol. The second-order valence-electron chi connectivity index (χ2n) is 4.71. The molecule has 3 rings (SSSR count). The summed E-state index contributed by atoms with van der Waals surface area (Å²) in [7, 11) is 0. The second kappa shape index (κ2) is 5.08. The Morgan fingerprint density at radius 3 is 2.95 bits per heavy atom. The summed E-state index contributed by atoms with van der Waals surface area (Å²) < 4.78 is 1.36. The van der Waals surface area contributed by atoms with Gasteiger partial charge in [0.25, 0.3) is 5.56 Å². The Morgan fingerprint density at radius 1 is 1.43 bits per heavy atom. The van der Waals surface area contributed by atoms with Crippen LogP contribution in [0.25, 0.3) is 22.4 Å². The molecule has 0 aliphatic carbocycles. The largest absolute Gasteiger partial charge is 0.343 e. The lowest BCUT2D eigenvalue weighted by Crippen LogP contribution is -2.22. The zero-order chi connectivity index (χ0) is 15.0. The van der Waals surface area contributed by atoms with E-state index in [1.807, 2.05) is 19.1 Å². The van der Waals surface area contributed by atoms with Crippen molar-refractivity contribution in [2.45, 2.75) is 13.5 Å². The molecule has 1 N–H and O–H groups in total. The number of benzene rings is 1. The van der Waals surface area contributed by atoms with Crippen LogP contribution in [-0.4, -0.2) is 14.5 Å². The summed E-state index contributed by atoms with van der Waals surface area (Å²) >= 11 is 6.00. The summed E-state index contributed by atoms with van der Waals surface area (Å²) in [4.78, 5) is 20.1. The Kier molecular flexibility index (Phi) is 3.24. The van der Waals surface area contributed by atoms with Crippen LogP contribution in [0.4, 0.5) is 0 Å². The third kappa shape index (κ3) is 2.30. The van der Waals surface area contributed by atoms with Crippen molar-refractivity contribution in [3.8, 4) is 17.5 Å². The molecule has 1 aromatic carbocycles. The number of aryl methyl sites for hydroxylation is 1. The molecule has 21 heavy (non-hydrogen) atoms. The summed E-state index contributed by atoms with van der Waals surface area (Å²) in [6, 6.07) is 10.8. The highest BCUT2D eigenvalue weighted by molar-refractivity contribution is 6.30. The van der Waals surface area contributed by atoms with Crippen molar-refractivity contribution in [3.05, 3.63) is 51.4 Å². The Balaban J connectivity index is 2.37. The van der Waals surface area contributed by atoms with Crippen LogP contribution in [0.2, 0.25) is 5.02 Å². The first kappa shape index (κ1) is 13.4. The predicted octanol–water partition coefficient (Wildman–Crippen LogP) is 2.88. The number of nitrogens with zero attached hydrogens (tertiary/aromatic N) is 3. The molecule has 0 fully saturated rings. The third-order valence-electron chi connectivity index (χ3n) is 3.19. The van der Waals surface area contributed by atoms with Gasteiger partial charge in [-0.15, -0.1) is 0 Å². The van der Waals surface area contributed by atoms with E-state index in [0.29, 0.717) is 27.4 Å². The number of aromatic amines is 1. The topological polar surface area (TPSA) is 74.5 Å². The monoisotopic (exact) mass is 298 g/mol. The molecule has 104 valence electrons. The molecule has 0 amide bonds. The molecule has 5 nitrogen and oxygen atoms in total. The highest BCUT2D eigenvalue weighted by Crippen LogP contribution is 2.22. The van der Waals surface area contributed by atoms with Crippen LogP contribution in [0.5, 0.6) is 0 Å². The molecule has 0 bridgehead atoms. The highest BCUT2D eigenvalue weighted by atomic mass is 35.5. The van der Waals surface area contributed by atoms with Crippen LogP contribution >= 0.6 is 11.6 Å². The van der Waals surface area contributed by atoms with Gasteiger partial charge in [-0.1, -0.05) is 23.7 Å². The molecule has 0 atom stereocenters. The average molecular weight is 299 g/mol. The van der Waals surface area contributed by atoms with E-state index < -0.39 is 0 Å². The Hall–Kier alpha value is -2.58. The fourth-order valence-corrected chi connectivity index (χ4v) is 2.49. The molecule has 0 spiro atoms. The summed E-state index contributed by atoms with van der Waals surface area (Å²) in [5.41, 5.74) is 1.83. The first-order valence-corrected chi connectivity index (χ1v) is 6.71. The maximum Gasteiger partial charge on any atom is 0.264 e. The third-order valence-corrected chi connectivity index (χ3v) is 3.43. The van der Waals surface area contributed by atoms with Gasteiger partial charge in [0.15, 0.2) is 0 Å². The number of halogens is 1. The first-order chi connectivity index (χ1) is 10.1. The van der Waals surface area contributed by atoms with E-state index in [1.54, 1.807) is 24.3 Å². The molecule has 3 aromatic rings. The quantitative estimate of drug-likeness (QED) is 0.790. The molecule has 0 saturated carbocycles. The number of nitrogens with one attached hydrogen (secondary N) is 1. The van der Waals surface area contributed by atoms with Gasteiger partial charge in [-0.2, -0.15) is 5.26 Å². The Bertz CT molecular complexity index is 933.